The molecule has 1 atom stereocenters. The number of nitrogens with zero attached hydrogens (tertiary/aromatic N) is 2. The summed E-state index contributed by atoms with van der Waals surface area (Å²) in [6, 6.07) is 4.05. The van der Waals surface area contributed by atoms with E-state index in [-0.39, 0.29) is 18.7 Å². The predicted octanol–water partition coefficient (Wildman–Crippen LogP) is 1.93. The zero-order valence-corrected chi connectivity index (χ0v) is 16.3. The lowest BCUT2D eigenvalue weighted by Gasteiger charge is -2.23. The van der Waals surface area contributed by atoms with Crippen LogP contribution < -0.4 is 10.2 Å². The van der Waals surface area contributed by atoms with Crippen molar-refractivity contribution in [3.05, 3.63) is 53.9 Å². The normalized spacial score (nSPS) is 19.8. The van der Waals surface area contributed by atoms with E-state index in [1.54, 1.807) is 6.07 Å². The highest BCUT2D eigenvalue weighted by Crippen LogP contribution is 2.33. The van der Waals surface area contributed by atoms with E-state index in [0.717, 1.165) is 17.0 Å². The van der Waals surface area contributed by atoms with Gasteiger partial charge in [0.05, 0.1) is 17.2 Å². The minimum Gasteiger partial charge on any atom is -0.392 e. The summed E-state index contributed by atoms with van der Waals surface area (Å²) in [5.74, 6) is -0.681. The largest absolute Gasteiger partial charge is 0.501 e. The summed E-state index contributed by atoms with van der Waals surface area (Å²) in [4.78, 5) is 29.0. The van der Waals surface area contributed by atoms with Gasteiger partial charge in [0.15, 0.2) is 0 Å². The van der Waals surface area contributed by atoms with Gasteiger partial charge in [0, 0.05) is 18.8 Å². The first-order chi connectivity index (χ1) is 13.9. The second-order valence-electron chi connectivity index (χ2n) is 6.83. The van der Waals surface area contributed by atoms with Crippen LogP contribution in [0.25, 0.3) is 0 Å². The van der Waals surface area contributed by atoms with Crippen LogP contribution in [-0.2, 0) is 27.7 Å². The average Bonchev–Trinajstić information content (AvgIpc) is 2.89. The number of imide groups is 1. The third-order valence-electron chi connectivity index (χ3n) is 4.69. The summed E-state index contributed by atoms with van der Waals surface area (Å²) in [6.45, 7) is 1.15. The lowest BCUT2D eigenvalue weighted by atomic mass is 9.91. The average molecular weight is 443 g/mol. The highest BCUT2D eigenvalue weighted by Gasteiger charge is 2.49. The molecule has 3 rings (SSSR count). The molecule has 2 N–H and O–H groups in total. The number of aliphatic hydroxyl groups excluding tert-OH is 1. The van der Waals surface area contributed by atoms with Crippen LogP contribution in [0.15, 0.2) is 47.6 Å². The summed E-state index contributed by atoms with van der Waals surface area (Å²) in [5, 5.41) is 12.0. The summed E-state index contributed by atoms with van der Waals surface area (Å²) >= 11 is 0. The molecule has 1 aromatic heterocycles. The van der Waals surface area contributed by atoms with Gasteiger partial charge in [0.2, 0.25) is 0 Å². The minimum atomic E-state index is -5.55. The minimum absolute atomic E-state index is 0.0347. The number of sulfone groups is 1. The maximum absolute atomic E-state index is 12.9. The fourth-order valence-corrected chi connectivity index (χ4v) is 3.86. The topological polar surface area (TPSA) is 117 Å². The second kappa shape index (κ2) is 7.36. The van der Waals surface area contributed by atoms with Gasteiger partial charge in [0.1, 0.15) is 5.54 Å². The number of amides is 3. The molecule has 3 amide bonds. The Kier molecular flexibility index (Phi) is 5.33. The van der Waals surface area contributed by atoms with Gasteiger partial charge in [-0.25, -0.2) is 18.1 Å². The molecule has 0 radical (unpaired) electrons. The van der Waals surface area contributed by atoms with Crippen LogP contribution in [0.3, 0.4) is 0 Å². The standard InChI is InChI=1S/C18H16F3N3O5S/c1-17(8-11-6-7-22-9-12(11)10-25)15(26)24(16(27)23-17)13-2-4-14(5-3-13)30(28,29)18(19,20)21/h2-7,9,25H,8,10H2,1H3,(H,23,27). The molecule has 0 saturated carbocycles. The molecule has 1 aliphatic rings. The second-order valence-corrected chi connectivity index (χ2v) is 8.77. The number of aromatic nitrogens is 1. The number of urea groups is 1. The Bertz CT molecular complexity index is 1100. The van der Waals surface area contributed by atoms with Crippen molar-refractivity contribution >= 4 is 27.5 Å². The third kappa shape index (κ3) is 3.63. The van der Waals surface area contributed by atoms with E-state index in [0.29, 0.717) is 23.3 Å². The Morgan fingerprint density at radius 1 is 1.13 bits per heavy atom. The molecule has 160 valence electrons. The zero-order chi connectivity index (χ0) is 22.3. The molecule has 1 aliphatic heterocycles. The van der Waals surface area contributed by atoms with Gasteiger partial charge in [-0.3, -0.25) is 9.78 Å². The van der Waals surface area contributed by atoms with Gasteiger partial charge in [0.25, 0.3) is 15.7 Å². The maximum atomic E-state index is 12.9. The third-order valence-corrected chi connectivity index (χ3v) is 6.19. The SMILES string of the molecule is CC1(Cc2ccncc2CO)NC(=O)N(c2ccc(S(=O)(=O)C(F)(F)F)cc2)C1=O. The summed E-state index contributed by atoms with van der Waals surface area (Å²) in [7, 11) is -5.55. The molecule has 1 unspecified atom stereocenters. The van der Waals surface area contributed by atoms with Crippen molar-refractivity contribution in [2.75, 3.05) is 4.90 Å². The number of benzene rings is 1. The first-order valence-corrected chi connectivity index (χ1v) is 10.00. The number of rotatable bonds is 5. The predicted molar refractivity (Wildman–Crippen MR) is 98.0 cm³/mol. The Hall–Kier alpha value is -2.99. The monoisotopic (exact) mass is 443 g/mol. The highest BCUT2D eigenvalue weighted by atomic mass is 32.2. The Labute approximate surface area is 169 Å². The fourth-order valence-electron chi connectivity index (χ4n) is 3.10. The summed E-state index contributed by atoms with van der Waals surface area (Å²) < 4.78 is 61.0. The van der Waals surface area contributed by atoms with Crippen LogP contribution in [-0.4, -0.2) is 41.5 Å². The molecule has 8 nitrogen and oxygen atoms in total. The summed E-state index contributed by atoms with van der Waals surface area (Å²) in [5.41, 5.74) is -5.89. The van der Waals surface area contributed by atoms with Crippen molar-refractivity contribution < 1.29 is 36.3 Å². The number of carbonyl (C=O) groups excluding carboxylic acids is 2. The number of alkyl halides is 3. The number of halogens is 3. The van der Waals surface area contributed by atoms with E-state index in [1.807, 2.05) is 0 Å². The van der Waals surface area contributed by atoms with Crippen LogP contribution in [0.5, 0.6) is 0 Å². The molecule has 0 spiro atoms. The number of hydrogen-bond acceptors (Lipinski definition) is 6. The van der Waals surface area contributed by atoms with E-state index in [9.17, 15) is 36.3 Å². The molecule has 1 fully saturated rings. The number of carbonyl (C=O) groups is 2. The van der Waals surface area contributed by atoms with Crippen LogP contribution >= 0.6 is 0 Å². The van der Waals surface area contributed by atoms with Gasteiger partial charge in [-0.2, -0.15) is 13.2 Å². The van der Waals surface area contributed by atoms with Crippen molar-refractivity contribution in [1.29, 1.82) is 0 Å². The van der Waals surface area contributed by atoms with Crippen LogP contribution in [0, 0.1) is 0 Å². The Morgan fingerprint density at radius 3 is 2.33 bits per heavy atom. The lowest BCUT2D eigenvalue weighted by Crippen LogP contribution is -2.46. The molecule has 2 heterocycles. The van der Waals surface area contributed by atoms with Crippen LogP contribution in [0.1, 0.15) is 18.1 Å². The van der Waals surface area contributed by atoms with Crippen LogP contribution in [0.2, 0.25) is 0 Å². The Morgan fingerprint density at radius 2 is 1.77 bits per heavy atom. The van der Waals surface area contributed by atoms with E-state index < -0.39 is 37.7 Å². The quantitative estimate of drug-likeness (QED) is 0.682. The van der Waals surface area contributed by atoms with Gasteiger partial charge < -0.3 is 10.4 Å². The number of pyridine rings is 1. The fraction of sp³-hybridized carbons (Fsp3) is 0.278. The van der Waals surface area contributed by atoms with Gasteiger partial charge in [-0.05, 0) is 48.4 Å². The number of anilines is 1. The first kappa shape index (κ1) is 21.7. The van der Waals surface area contributed by atoms with Crippen molar-refractivity contribution in [3.8, 4) is 0 Å². The van der Waals surface area contributed by atoms with Gasteiger partial charge in [-0.1, -0.05) is 0 Å². The molecule has 1 saturated heterocycles. The molecule has 0 bridgehead atoms. The van der Waals surface area contributed by atoms with E-state index in [2.05, 4.69) is 10.3 Å². The molecule has 12 heteroatoms. The van der Waals surface area contributed by atoms with E-state index >= 15 is 0 Å². The van der Waals surface area contributed by atoms with Gasteiger partial charge in [-0.15, -0.1) is 0 Å². The smallest absolute Gasteiger partial charge is 0.392 e. The van der Waals surface area contributed by atoms with Crippen LogP contribution in [0.4, 0.5) is 23.7 Å². The summed E-state index contributed by atoms with van der Waals surface area (Å²) in [6.07, 6.45) is 2.93. The first-order valence-electron chi connectivity index (χ1n) is 8.51. The Balaban J connectivity index is 1.90. The van der Waals surface area contributed by atoms with Crippen molar-refractivity contribution in [2.24, 2.45) is 0 Å². The molecule has 0 aliphatic carbocycles. The van der Waals surface area contributed by atoms with Crippen molar-refractivity contribution in [2.45, 2.75) is 35.9 Å². The van der Waals surface area contributed by atoms with Crippen molar-refractivity contribution in [3.63, 3.8) is 0 Å². The zero-order valence-electron chi connectivity index (χ0n) is 15.5. The van der Waals surface area contributed by atoms with E-state index in [1.165, 1.54) is 19.3 Å². The maximum Gasteiger partial charge on any atom is 0.501 e. The number of aliphatic hydroxyl groups is 1. The molecular weight excluding hydrogens is 427 g/mol. The van der Waals surface area contributed by atoms with E-state index in [4.69, 9.17) is 0 Å². The lowest BCUT2D eigenvalue weighted by molar-refractivity contribution is -0.121. The molecule has 2 aromatic rings. The number of nitrogens with one attached hydrogen (secondary N) is 1. The number of hydrogen-bond donors (Lipinski definition) is 2. The molecular formula is C18H16F3N3O5S. The van der Waals surface area contributed by atoms with Crippen molar-refractivity contribution in [1.82, 2.24) is 10.3 Å². The molecule has 30 heavy (non-hydrogen) atoms. The highest BCUT2D eigenvalue weighted by molar-refractivity contribution is 7.92. The van der Waals surface area contributed by atoms with Gasteiger partial charge >= 0.3 is 11.5 Å². The molecule has 1 aromatic carbocycles.